The lowest BCUT2D eigenvalue weighted by Crippen LogP contribution is -2.61. The molecule has 578 valence electrons. The molecule has 0 radical (unpaired) electrons. The van der Waals surface area contributed by atoms with E-state index < -0.39 is 0 Å². The Morgan fingerprint density at radius 2 is 0.419 bits per heavy atom. The van der Waals surface area contributed by atoms with Crippen LogP contribution in [0.15, 0.2) is 413 Å². The van der Waals surface area contributed by atoms with Gasteiger partial charge in [0, 0.05) is 112 Å². The first kappa shape index (κ1) is 72.3. The highest BCUT2D eigenvalue weighted by atomic mass is 15.2. The molecule has 0 atom stereocenters. The quantitative estimate of drug-likeness (QED) is 0.0839. The lowest BCUT2D eigenvalue weighted by atomic mass is 9.33. The van der Waals surface area contributed by atoms with Gasteiger partial charge in [0.05, 0.1) is 16.7 Å². The molecular formula is C108H68BN15. The van der Waals surface area contributed by atoms with Crippen LogP contribution < -0.4 is 26.2 Å². The lowest BCUT2D eigenvalue weighted by molar-refractivity contribution is 1.06. The molecular weight excluding hydrogens is 1520 g/mol. The summed E-state index contributed by atoms with van der Waals surface area (Å²) in [7, 11) is 0. The van der Waals surface area contributed by atoms with Crippen LogP contribution >= 0.6 is 0 Å². The van der Waals surface area contributed by atoms with Gasteiger partial charge in [0.1, 0.15) is 0 Å². The molecule has 0 amide bonds. The van der Waals surface area contributed by atoms with Gasteiger partial charge in [0.25, 0.3) is 6.71 Å². The summed E-state index contributed by atoms with van der Waals surface area (Å²) in [6.07, 6.45) is 0. The van der Waals surface area contributed by atoms with Gasteiger partial charge >= 0.3 is 0 Å². The fourth-order valence-corrected chi connectivity index (χ4v) is 17.3. The summed E-state index contributed by atoms with van der Waals surface area (Å²) < 4.78 is 2.30. The number of nitrogens with zero attached hydrogens (tertiary/aromatic N) is 15. The second-order valence-electron chi connectivity index (χ2n) is 30.7. The first-order valence-corrected chi connectivity index (χ1v) is 41.3. The highest BCUT2D eigenvalue weighted by Crippen LogP contribution is 2.47. The van der Waals surface area contributed by atoms with Crippen LogP contribution in [0.2, 0.25) is 0 Å². The number of fused-ring (bicyclic) bond motifs is 7. The monoisotopic (exact) mass is 1590 g/mol. The predicted molar refractivity (Wildman–Crippen MR) is 499 cm³/mol. The maximum absolute atomic E-state index is 5.65. The van der Waals surface area contributed by atoms with Gasteiger partial charge in [0.15, 0.2) is 69.9 Å². The average molecular weight is 1590 g/mol. The molecule has 0 unspecified atom stereocenters. The molecule has 15 nitrogen and oxygen atoms in total. The molecule has 0 bridgehead atoms. The molecule has 0 spiro atoms. The van der Waals surface area contributed by atoms with Crippen molar-refractivity contribution < 1.29 is 0 Å². The van der Waals surface area contributed by atoms with Crippen molar-refractivity contribution in [3.63, 3.8) is 0 Å². The Balaban J connectivity index is 0.700. The SMILES string of the molecule is c1ccc(-c2nc(-c3ccccc3)nc(-c3ccc(-n4c5ccc(-c6nc(-c7ccccc7)nc(-c7ccccc7)n6)cc5c5cc(-c6nc(-c7ccccc7)nc(-c7ccccc7)n6)ccc54)c(-c4nc(-c5ccccc5)nc(-c5ccc(-c6ccc(N7c8ccccc8B8c9ccccc9N(c9ccccc9)c9cccc7c98)cc6)cc5)n4)c3)n2)cc1. The lowest BCUT2D eigenvalue weighted by Gasteiger charge is -2.44. The molecule has 16 aromatic carbocycles. The van der Waals surface area contributed by atoms with E-state index in [2.05, 4.69) is 215 Å². The number of hydrogen-bond donors (Lipinski definition) is 0. The molecule has 21 aromatic rings. The molecule has 0 saturated heterocycles. The molecule has 2 aliphatic rings. The maximum atomic E-state index is 5.65. The number of hydrogen-bond acceptors (Lipinski definition) is 14. The highest BCUT2D eigenvalue weighted by Gasteiger charge is 2.43. The van der Waals surface area contributed by atoms with Crippen molar-refractivity contribution in [1.29, 1.82) is 0 Å². The average Bonchev–Trinajstić information content (AvgIpc) is 1.63. The third kappa shape index (κ3) is 13.1. The second kappa shape index (κ2) is 30.7. The summed E-state index contributed by atoms with van der Waals surface area (Å²) in [5.74, 6) is 6.08. The van der Waals surface area contributed by atoms with E-state index in [1.807, 2.05) is 212 Å². The van der Waals surface area contributed by atoms with E-state index in [9.17, 15) is 0 Å². The minimum atomic E-state index is 0.0392. The largest absolute Gasteiger partial charge is 0.311 e. The molecule has 0 aliphatic carbocycles. The normalized spacial score (nSPS) is 12.0. The van der Waals surface area contributed by atoms with Gasteiger partial charge in [-0.15, -0.1) is 0 Å². The maximum Gasteiger partial charge on any atom is 0.252 e. The van der Waals surface area contributed by atoms with Crippen molar-refractivity contribution in [1.82, 2.24) is 64.4 Å². The Bertz CT molecular complexity index is 7290. The van der Waals surface area contributed by atoms with Gasteiger partial charge in [-0.25, -0.2) is 59.8 Å². The minimum Gasteiger partial charge on any atom is -0.311 e. The fraction of sp³-hybridized carbons (Fsp3) is 0. The van der Waals surface area contributed by atoms with Crippen LogP contribution in [0.4, 0.5) is 34.1 Å². The highest BCUT2D eigenvalue weighted by molar-refractivity contribution is 7.00. The van der Waals surface area contributed by atoms with E-state index in [4.69, 9.17) is 59.8 Å². The number of anilines is 6. The summed E-state index contributed by atoms with van der Waals surface area (Å²) in [6.45, 7) is 0.0392. The second-order valence-corrected chi connectivity index (χ2v) is 30.7. The summed E-state index contributed by atoms with van der Waals surface area (Å²) in [5, 5.41) is 1.79. The Hall–Kier alpha value is -17.0. The van der Waals surface area contributed by atoms with Crippen LogP contribution in [-0.4, -0.2) is 71.1 Å². The van der Waals surface area contributed by atoms with Gasteiger partial charge in [-0.3, -0.25) is 0 Å². The molecule has 23 rings (SSSR count). The van der Waals surface area contributed by atoms with Crippen molar-refractivity contribution in [2.75, 3.05) is 9.80 Å². The van der Waals surface area contributed by atoms with E-state index in [1.165, 1.54) is 27.8 Å². The fourth-order valence-electron chi connectivity index (χ4n) is 17.3. The Labute approximate surface area is 714 Å². The first-order chi connectivity index (χ1) is 61.4. The number of para-hydroxylation sites is 3. The topological polar surface area (TPSA) is 166 Å². The standard InChI is InChI=1S/C108H68BN15/c1-9-30-71(31-10-1)97-110-98(72-32-11-2-12-33-72)115-105(114-97)79-58-63-89-84(66-79)85-67-80(106-116-99(73-34-13-3-14-35-73)111-100(117-106)74-36-15-4-16-37-74)59-64-90(85)124(89)91-65-60-81(107-118-101(75-38-17-5-18-39-75)112-102(119-107)76-40-19-6-20-41-76)68-86(91)108-120-103(77-42-21-7-22-43-77)113-104(121-108)78-54-52-69(53-55-78)70-56-61-83(62-57-70)123-93-49-28-26-47-88(93)109-87-46-25-27-48-92(87)122(82-44-23-8-24-45-82)94-50-29-51-95(123)96(94)109/h1-68H. The van der Waals surface area contributed by atoms with E-state index in [-0.39, 0.29) is 6.71 Å². The smallest absolute Gasteiger partial charge is 0.252 e. The van der Waals surface area contributed by atoms with Crippen molar-refractivity contribution in [2.45, 2.75) is 0 Å². The first-order valence-electron chi connectivity index (χ1n) is 41.3. The van der Waals surface area contributed by atoms with E-state index in [1.54, 1.807) is 0 Å². The van der Waals surface area contributed by atoms with E-state index in [0.717, 1.165) is 117 Å². The Kier molecular flexibility index (Phi) is 17.9. The molecule has 124 heavy (non-hydrogen) atoms. The van der Waals surface area contributed by atoms with Crippen LogP contribution in [-0.2, 0) is 0 Å². The summed E-state index contributed by atoms with van der Waals surface area (Å²) in [5.41, 5.74) is 24.9. The van der Waals surface area contributed by atoms with E-state index >= 15 is 0 Å². The van der Waals surface area contributed by atoms with Crippen molar-refractivity contribution in [3.05, 3.63) is 413 Å². The summed E-state index contributed by atoms with van der Waals surface area (Å²) >= 11 is 0. The Morgan fingerprint density at radius 3 is 0.774 bits per heavy atom. The van der Waals surface area contributed by atoms with E-state index in [0.29, 0.717) is 81.0 Å². The van der Waals surface area contributed by atoms with Gasteiger partial charge < -0.3 is 14.4 Å². The van der Waals surface area contributed by atoms with Crippen LogP contribution in [0.3, 0.4) is 0 Å². The number of rotatable bonds is 16. The van der Waals surface area contributed by atoms with Gasteiger partial charge in [0.2, 0.25) is 0 Å². The van der Waals surface area contributed by atoms with Gasteiger partial charge in [-0.1, -0.05) is 309 Å². The molecule has 5 aromatic heterocycles. The van der Waals surface area contributed by atoms with Crippen LogP contribution in [0.25, 0.3) is 175 Å². The summed E-state index contributed by atoms with van der Waals surface area (Å²) in [4.78, 5) is 68.6. The van der Waals surface area contributed by atoms with Crippen molar-refractivity contribution in [2.24, 2.45) is 0 Å². The van der Waals surface area contributed by atoms with Crippen LogP contribution in [0, 0.1) is 0 Å². The minimum absolute atomic E-state index is 0.0392. The molecule has 0 N–H and O–H groups in total. The zero-order chi connectivity index (χ0) is 82.0. The Morgan fingerprint density at radius 1 is 0.169 bits per heavy atom. The predicted octanol–water partition coefficient (Wildman–Crippen LogP) is 23.3. The van der Waals surface area contributed by atoms with Gasteiger partial charge in [-0.05, 0) is 131 Å². The third-order valence-electron chi connectivity index (χ3n) is 23.2. The number of benzene rings is 16. The zero-order valence-corrected chi connectivity index (χ0v) is 66.5. The molecule has 0 saturated carbocycles. The number of aromatic nitrogens is 13. The third-order valence-corrected chi connectivity index (χ3v) is 23.2. The molecule has 2 aliphatic heterocycles. The van der Waals surface area contributed by atoms with Crippen molar-refractivity contribution >= 4 is 79.0 Å². The van der Waals surface area contributed by atoms with Gasteiger partial charge in [-0.2, -0.15) is 0 Å². The summed E-state index contributed by atoms with van der Waals surface area (Å²) in [6, 6.07) is 142. The molecule has 0 fully saturated rings. The van der Waals surface area contributed by atoms with Crippen LogP contribution in [0.5, 0.6) is 0 Å². The molecule has 16 heteroatoms. The molecule has 7 heterocycles. The van der Waals surface area contributed by atoms with Crippen molar-refractivity contribution in [3.8, 4) is 153 Å². The van der Waals surface area contributed by atoms with Crippen LogP contribution in [0.1, 0.15) is 0 Å². The zero-order valence-electron chi connectivity index (χ0n) is 66.5.